The van der Waals surface area contributed by atoms with Gasteiger partial charge in [0.15, 0.2) is 5.16 Å². The van der Waals surface area contributed by atoms with Gasteiger partial charge in [0.1, 0.15) is 10.1 Å². The summed E-state index contributed by atoms with van der Waals surface area (Å²) in [6.45, 7) is 0. The van der Waals surface area contributed by atoms with Crippen LogP contribution in [0.1, 0.15) is 10.8 Å². The van der Waals surface area contributed by atoms with Crippen LogP contribution in [-0.2, 0) is 16.6 Å². The van der Waals surface area contributed by atoms with E-state index >= 15 is 0 Å². The minimum Gasteiger partial charge on any atom is -0.468 e. The first-order valence-electron chi connectivity index (χ1n) is 8.94. The molecule has 5 nitrogen and oxygen atoms in total. The van der Waals surface area contributed by atoms with Crippen LogP contribution < -0.4 is 5.56 Å². The number of fused-ring (bicyclic) bond motifs is 1. The van der Waals surface area contributed by atoms with Gasteiger partial charge in [0.2, 0.25) is 0 Å². The number of esters is 1. The predicted octanol–water partition coefficient (Wildman–Crippen LogP) is 4.67. The van der Waals surface area contributed by atoms with Crippen molar-refractivity contribution >= 4 is 39.3 Å². The summed E-state index contributed by atoms with van der Waals surface area (Å²) in [6, 6.07) is 21.1. The minimum atomic E-state index is -0.606. The molecule has 0 fully saturated rings. The fraction of sp³-hybridized carbons (Fsp3) is 0.136. The number of rotatable bonds is 5. The third-order valence-corrected chi connectivity index (χ3v) is 6.89. The Morgan fingerprint density at radius 3 is 2.41 bits per heavy atom. The van der Waals surface area contributed by atoms with Crippen molar-refractivity contribution in [2.75, 3.05) is 7.11 Å². The van der Waals surface area contributed by atoms with Gasteiger partial charge < -0.3 is 4.74 Å². The van der Waals surface area contributed by atoms with Crippen molar-refractivity contribution in [3.8, 4) is 10.4 Å². The van der Waals surface area contributed by atoms with Crippen LogP contribution in [0.15, 0.2) is 76.7 Å². The molecule has 1 unspecified atom stereocenters. The molecule has 4 rings (SSSR count). The van der Waals surface area contributed by atoms with Gasteiger partial charge in [0, 0.05) is 11.9 Å². The van der Waals surface area contributed by atoms with Crippen molar-refractivity contribution in [2.45, 2.75) is 10.4 Å². The number of benzene rings is 2. The predicted molar refractivity (Wildman–Crippen MR) is 117 cm³/mol. The molecule has 146 valence electrons. The highest BCUT2D eigenvalue weighted by molar-refractivity contribution is 8.00. The van der Waals surface area contributed by atoms with E-state index in [-0.39, 0.29) is 11.5 Å². The zero-order valence-electron chi connectivity index (χ0n) is 15.9. The molecule has 29 heavy (non-hydrogen) atoms. The fourth-order valence-electron chi connectivity index (χ4n) is 2.99. The quantitative estimate of drug-likeness (QED) is 0.266. The number of aromatic nitrogens is 2. The molecular weight excluding hydrogens is 404 g/mol. The largest absolute Gasteiger partial charge is 0.468 e. The van der Waals surface area contributed by atoms with Gasteiger partial charge in [0.05, 0.1) is 12.5 Å². The Morgan fingerprint density at radius 1 is 1.10 bits per heavy atom. The first-order valence-corrected chi connectivity index (χ1v) is 10.6. The normalized spacial score (nSPS) is 12.1. The number of methoxy groups -OCH3 is 1. The van der Waals surface area contributed by atoms with E-state index < -0.39 is 5.25 Å². The SMILES string of the molecule is COC(=O)C(Sc1nc2sc(-c3ccccc3)cc2c(=O)n1C)c1ccccc1. The number of ether oxygens (including phenoxy) is 1. The maximum Gasteiger partial charge on any atom is 0.323 e. The molecule has 2 heterocycles. The van der Waals surface area contributed by atoms with Gasteiger partial charge in [-0.25, -0.2) is 4.98 Å². The molecule has 0 spiro atoms. The Hall–Kier alpha value is -2.90. The first-order chi connectivity index (χ1) is 14.1. The summed E-state index contributed by atoms with van der Waals surface area (Å²) in [4.78, 5) is 31.7. The Kier molecular flexibility index (Phi) is 5.51. The number of carbonyl (C=O) groups excluding carboxylic acids is 1. The zero-order chi connectivity index (χ0) is 20.4. The molecule has 4 aromatic rings. The molecule has 2 aromatic heterocycles. The molecule has 0 aliphatic heterocycles. The second-order valence-corrected chi connectivity index (χ2v) is 8.49. The molecule has 1 atom stereocenters. The molecule has 0 bridgehead atoms. The topological polar surface area (TPSA) is 61.2 Å². The third-order valence-electron chi connectivity index (χ3n) is 4.53. The van der Waals surface area contributed by atoms with Crippen molar-refractivity contribution in [1.29, 1.82) is 0 Å². The Bertz CT molecular complexity index is 1220. The lowest BCUT2D eigenvalue weighted by Gasteiger charge is -2.15. The molecule has 7 heteroatoms. The lowest BCUT2D eigenvalue weighted by molar-refractivity contribution is -0.140. The average molecular weight is 423 g/mol. The summed E-state index contributed by atoms with van der Waals surface area (Å²) in [5.41, 5.74) is 1.71. The van der Waals surface area contributed by atoms with E-state index in [1.165, 1.54) is 34.8 Å². The minimum absolute atomic E-state index is 0.132. The maximum atomic E-state index is 13.0. The van der Waals surface area contributed by atoms with Crippen molar-refractivity contribution in [3.63, 3.8) is 0 Å². The van der Waals surface area contributed by atoms with Crippen LogP contribution in [0, 0.1) is 0 Å². The van der Waals surface area contributed by atoms with Crippen molar-refractivity contribution in [2.24, 2.45) is 7.05 Å². The monoisotopic (exact) mass is 422 g/mol. The number of carbonyl (C=O) groups is 1. The zero-order valence-corrected chi connectivity index (χ0v) is 17.5. The van der Waals surface area contributed by atoms with Gasteiger partial charge in [-0.1, -0.05) is 72.4 Å². The molecule has 0 N–H and O–H groups in total. The Labute approximate surface area is 176 Å². The highest BCUT2D eigenvalue weighted by Gasteiger charge is 2.25. The molecule has 0 saturated carbocycles. The average Bonchev–Trinajstić information content (AvgIpc) is 3.20. The van der Waals surface area contributed by atoms with Crippen LogP contribution in [0.25, 0.3) is 20.7 Å². The number of thiophene rings is 1. The van der Waals surface area contributed by atoms with E-state index in [1.54, 1.807) is 7.05 Å². The standard InChI is InChI=1S/C22H18N2O3S2/c1-24-20(25)16-13-17(14-9-5-3-6-10-14)28-19(16)23-22(24)29-18(21(26)27-2)15-11-7-4-8-12-15/h3-13,18H,1-2H3. The first kappa shape index (κ1) is 19.4. The Balaban J connectivity index is 1.78. The lowest BCUT2D eigenvalue weighted by atomic mass is 10.1. The highest BCUT2D eigenvalue weighted by Crippen LogP contribution is 2.37. The summed E-state index contributed by atoms with van der Waals surface area (Å²) in [6.07, 6.45) is 0. The summed E-state index contributed by atoms with van der Waals surface area (Å²) in [5, 5.41) is 0.448. The second kappa shape index (κ2) is 8.23. The van der Waals surface area contributed by atoms with Gasteiger partial charge in [-0.2, -0.15) is 0 Å². The van der Waals surface area contributed by atoms with E-state index in [9.17, 15) is 9.59 Å². The van der Waals surface area contributed by atoms with E-state index in [2.05, 4.69) is 0 Å². The van der Waals surface area contributed by atoms with E-state index in [1.807, 2.05) is 66.7 Å². The van der Waals surface area contributed by atoms with Gasteiger partial charge in [-0.3, -0.25) is 14.2 Å². The Morgan fingerprint density at radius 2 is 1.76 bits per heavy atom. The van der Waals surface area contributed by atoms with Crippen LogP contribution in [0.4, 0.5) is 0 Å². The van der Waals surface area contributed by atoms with Crippen LogP contribution >= 0.6 is 23.1 Å². The third kappa shape index (κ3) is 3.83. The van der Waals surface area contributed by atoms with Gasteiger partial charge in [0.25, 0.3) is 5.56 Å². The van der Waals surface area contributed by atoms with Crippen LogP contribution in [-0.4, -0.2) is 22.6 Å². The van der Waals surface area contributed by atoms with E-state index in [0.717, 1.165) is 16.0 Å². The van der Waals surface area contributed by atoms with Crippen LogP contribution in [0.3, 0.4) is 0 Å². The number of hydrogen-bond donors (Lipinski definition) is 0. The molecule has 0 aliphatic rings. The van der Waals surface area contributed by atoms with E-state index in [4.69, 9.17) is 9.72 Å². The van der Waals surface area contributed by atoms with Crippen molar-refractivity contribution in [3.05, 3.63) is 82.6 Å². The summed E-state index contributed by atoms with van der Waals surface area (Å²) in [5.74, 6) is -0.383. The van der Waals surface area contributed by atoms with Gasteiger partial charge in [-0.15, -0.1) is 11.3 Å². The van der Waals surface area contributed by atoms with Crippen LogP contribution in [0.5, 0.6) is 0 Å². The van der Waals surface area contributed by atoms with E-state index in [0.29, 0.717) is 15.4 Å². The highest BCUT2D eigenvalue weighted by atomic mass is 32.2. The van der Waals surface area contributed by atoms with Gasteiger partial charge in [-0.05, 0) is 17.2 Å². The van der Waals surface area contributed by atoms with Gasteiger partial charge >= 0.3 is 5.97 Å². The number of thioether (sulfide) groups is 1. The second-order valence-electron chi connectivity index (χ2n) is 6.39. The molecule has 0 aliphatic carbocycles. The summed E-state index contributed by atoms with van der Waals surface area (Å²) >= 11 is 2.69. The van der Waals surface area contributed by atoms with Crippen molar-refractivity contribution < 1.29 is 9.53 Å². The summed E-state index contributed by atoms with van der Waals surface area (Å²) < 4.78 is 6.48. The maximum absolute atomic E-state index is 13.0. The number of nitrogens with zero attached hydrogens (tertiary/aromatic N) is 2. The summed E-state index contributed by atoms with van der Waals surface area (Å²) in [7, 11) is 3.04. The molecular formula is C22H18N2O3S2. The van der Waals surface area contributed by atoms with Crippen molar-refractivity contribution in [1.82, 2.24) is 9.55 Å². The number of hydrogen-bond acceptors (Lipinski definition) is 6. The smallest absolute Gasteiger partial charge is 0.323 e. The molecule has 2 aromatic carbocycles. The molecule has 0 radical (unpaired) electrons. The molecule has 0 saturated heterocycles. The fourth-order valence-corrected chi connectivity index (χ4v) is 5.16. The van der Waals surface area contributed by atoms with Crippen LogP contribution in [0.2, 0.25) is 0 Å². The lowest BCUT2D eigenvalue weighted by Crippen LogP contribution is -2.21. The molecule has 0 amide bonds.